The predicted octanol–water partition coefficient (Wildman–Crippen LogP) is 1.10. The Morgan fingerprint density at radius 2 is 2.08 bits per heavy atom. The fraction of sp³-hybridized carbons (Fsp3) is 0.444. The number of aromatic nitrogens is 1. The maximum atomic E-state index is 4.28. The summed E-state index contributed by atoms with van der Waals surface area (Å²) in [6, 6.07) is 4.19. The van der Waals surface area contributed by atoms with Gasteiger partial charge in [-0.05, 0) is 34.7 Å². The van der Waals surface area contributed by atoms with Gasteiger partial charge in [0.2, 0.25) is 0 Å². The van der Waals surface area contributed by atoms with E-state index in [9.17, 15) is 0 Å². The number of hydrogen-bond acceptors (Lipinski definition) is 3. The first-order valence-corrected chi connectivity index (χ1v) is 5.51. The minimum Gasteiger partial charge on any atom is -0.368 e. The Labute approximate surface area is 91.7 Å². The summed E-state index contributed by atoms with van der Waals surface area (Å²) in [7, 11) is 0. The monoisotopic (exact) mass is 289 g/mol. The number of rotatable bonds is 1. The molecule has 0 aromatic carbocycles. The van der Waals surface area contributed by atoms with Crippen molar-refractivity contribution in [3.63, 3.8) is 0 Å². The first-order valence-electron chi connectivity index (χ1n) is 4.43. The van der Waals surface area contributed by atoms with Crippen LogP contribution in [0, 0.1) is 3.70 Å². The minimum absolute atomic E-state index is 1.05. The van der Waals surface area contributed by atoms with Crippen LogP contribution in [-0.4, -0.2) is 31.2 Å². The van der Waals surface area contributed by atoms with Crippen molar-refractivity contribution in [1.29, 1.82) is 0 Å². The Bertz CT molecular complexity index is 267. The van der Waals surface area contributed by atoms with E-state index in [1.54, 1.807) is 0 Å². The van der Waals surface area contributed by atoms with E-state index in [0.29, 0.717) is 0 Å². The molecule has 0 spiro atoms. The molecule has 3 nitrogen and oxygen atoms in total. The average molecular weight is 289 g/mol. The molecular formula is C9H12IN3. The van der Waals surface area contributed by atoms with E-state index in [2.05, 4.69) is 49.9 Å². The molecule has 0 atom stereocenters. The van der Waals surface area contributed by atoms with Crippen molar-refractivity contribution < 1.29 is 0 Å². The highest BCUT2D eigenvalue weighted by Gasteiger charge is 2.09. The molecule has 1 aromatic heterocycles. The third-order valence-corrected chi connectivity index (χ3v) is 2.83. The van der Waals surface area contributed by atoms with E-state index in [4.69, 9.17) is 0 Å². The first-order chi connectivity index (χ1) is 6.36. The smallest absolute Gasteiger partial charge is 0.101 e. The average Bonchev–Trinajstić information content (AvgIpc) is 2.20. The van der Waals surface area contributed by atoms with E-state index < -0.39 is 0 Å². The van der Waals surface area contributed by atoms with Gasteiger partial charge in [0.25, 0.3) is 0 Å². The van der Waals surface area contributed by atoms with Crippen molar-refractivity contribution in [2.75, 3.05) is 31.1 Å². The zero-order valence-corrected chi connectivity index (χ0v) is 9.49. The highest BCUT2D eigenvalue weighted by atomic mass is 127. The zero-order valence-electron chi connectivity index (χ0n) is 7.33. The highest BCUT2D eigenvalue weighted by Crippen LogP contribution is 2.13. The van der Waals surface area contributed by atoms with Crippen molar-refractivity contribution in [3.8, 4) is 0 Å². The van der Waals surface area contributed by atoms with Crippen LogP contribution in [0.25, 0.3) is 0 Å². The van der Waals surface area contributed by atoms with Crippen LogP contribution in [0.1, 0.15) is 0 Å². The molecule has 0 saturated carbocycles. The van der Waals surface area contributed by atoms with Gasteiger partial charge < -0.3 is 10.2 Å². The van der Waals surface area contributed by atoms with Crippen molar-refractivity contribution in [2.24, 2.45) is 0 Å². The molecule has 70 valence electrons. The lowest BCUT2D eigenvalue weighted by Crippen LogP contribution is -2.43. The fourth-order valence-corrected chi connectivity index (χ4v) is 1.80. The van der Waals surface area contributed by atoms with Crippen molar-refractivity contribution in [2.45, 2.75) is 0 Å². The van der Waals surface area contributed by atoms with Gasteiger partial charge in [0, 0.05) is 26.2 Å². The van der Waals surface area contributed by atoms with Gasteiger partial charge in [0.05, 0.1) is 11.9 Å². The maximum Gasteiger partial charge on any atom is 0.101 e. The van der Waals surface area contributed by atoms with Crippen LogP contribution in [-0.2, 0) is 0 Å². The molecule has 0 amide bonds. The van der Waals surface area contributed by atoms with Crippen LogP contribution in [0.5, 0.6) is 0 Å². The predicted molar refractivity (Wildman–Crippen MR) is 62.0 cm³/mol. The van der Waals surface area contributed by atoms with E-state index in [1.807, 2.05) is 6.20 Å². The summed E-state index contributed by atoms with van der Waals surface area (Å²) in [5, 5.41) is 3.33. The molecule has 0 radical (unpaired) electrons. The van der Waals surface area contributed by atoms with Crippen LogP contribution in [0.15, 0.2) is 18.3 Å². The van der Waals surface area contributed by atoms with E-state index in [-0.39, 0.29) is 0 Å². The molecule has 1 aliphatic rings. The Morgan fingerprint density at radius 3 is 2.69 bits per heavy atom. The molecule has 1 fully saturated rings. The normalized spacial score (nSPS) is 17.5. The summed E-state index contributed by atoms with van der Waals surface area (Å²) in [6.45, 7) is 4.32. The third-order valence-electron chi connectivity index (χ3n) is 2.19. The van der Waals surface area contributed by atoms with Gasteiger partial charge >= 0.3 is 0 Å². The van der Waals surface area contributed by atoms with Crippen LogP contribution in [0.4, 0.5) is 5.69 Å². The molecule has 0 aliphatic carbocycles. The van der Waals surface area contributed by atoms with Gasteiger partial charge in [0.1, 0.15) is 3.70 Å². The van der Waals surface area contributed by atoms with Crippen LogP contribution >= 0.6 is 22.6 Å². The van der Waals surface area contributed by atoms with Crippen LogP contribution in [0.2, 0.25) is 0 Å². The number of piperazine rings is 1. The number of nitrogens with one attached hydrogen (secondary N) is 1. The second kappa shape index (κ2) is 4.23. The second-order valence-corrected chi connectivity index (χ2v) is 4.18. The van der Waals surface area contributed by atoms with Gasteiger partial charge in [-0.2, -0.15) is 0 Å². The molecule has 0 unspecified atom stereocenters. The largest absolute Gasteiger partial charge is 0.368 e. The number of pyridine rings is 1. The molecule has 1 aliphatic heterocycles. The molecule has 13 heavy (non-hydrogen) atoms. The molecule has 4 heteroatoms. The van der Waals surface area contributed by atoms with Gasteiger partial charge in [-0.3, -0.25) is 0 Å². The molecule has 2 rings (SSSR count). The highest BCUT2D eigenvalue weighted by molar-refractivity contribution is 14.1. The van der Waals surface area contributed by atoms with Crippen LogP contribution < -0.4 is 10.2 Å². The van der Waals surface area contributed by atoms with E-state index in [0.717, 1.165) is 29.9 Å². The lowest BCUT2D eigenvalue weighted by atomic mass is 10.3. The summed E-state index contributed by atoms with van der Waals surface area (Å²) in [6.07, 6.45) is 1.95. The Balaban J connectivity index is 2.10. The summed E-state index contributed by atoms with van der Waals surface area (Å²) < 4.78 is 1.05. The molecule has 1 saturated heterocycles. The zero-order chi connectivity index (χ0) is 9.10. The van der Waals surface area contributed by atoms with Crippen molar-refractivity contribution in [1.82, 2.24) is 10.3 Å². The van der Waals surface area contributed by atoms with Gasteiger partial charge in [0.15, 0.2) is 0 Å². The van der Waals surface area contributed by atoms with E-state index in [1.165, 1.54) is 5.69 Å². The number of halogens is 1. The molecule has 2 heterocycles. The summed E-state index contributed by atoms with van der Waals surface area (Å²) in [4.78, 5) is 6.64. The molecule has 1 aromatic rings. The topological polar surface area (TPSA) is 28.2 Å². The van der Waals surface area contributed by atoms with Crippen molar-refractivity contribution >= 4 is 28.3 Å². The Hall–Kier alpha value is -0.360. The van der Waals surface area contributed by atoms with Gasteiger partial charge in [-0.25, -0.2) is 4.98 Å². The SMILES string of the molecule is Ic1ccc(N2CCNCC2)cn1. The minimum atomic E-state index is 1.05. The Morgan fingerprint density at radius 1 is 1.31 bits per heavy atom. The Kier molecular flexibility index (Phi) is 3.00. The first kappa shape index (κ1) is 9.21. The van der Waals surface area contributed by atoms with Gasteiger partial charge in [-0.1, -0.05) is 0 Å². The summed E-state index contributed by atoms with van der Waals surface area (Å²) >= 11 is 2.23. The van der Waals surface area contributed by atoms with E-state index >= 15 is 0 Å². The maximum absolute atomic E-state index is 4.28. The summed E-state index contributed by atoms with van der Waals surface area (Å²) in [5.74, 6) is 0. The lowest BCUT2D eigenvalue weighted by molar-refractivity contribution is 0.588. The lowest BCUT2D eigenvalue weighted by Gasteiger charge is -2.29. The summed E-state index contributed by atoms with van der Waals surface area (Å²) in [5.41, 5.74) is 1.24. The van der Waals surface area contributed by atoms with Gasteiger partial charge in [-0.15, -0.1) is 0 Å². The number of hydrogen-bond donors (Lipinski definition) is 1. The quantitative estimate of drug-likeness (QED) is 0.620. The molecular weight excluding hydrogens is 277 g/mol. The van der Waals surface area contributed by atoms with Crippen molar-refractivity contribution in [3.05, 3.63) is 22.0 Å². The second-order valence-electron chi connectivity index (χ2n) is 3.08. The van der Waals surface area contributed by atoms with Crippen LogP contribution in [0.3, 0.4) is 0 Å². The molecule has 1 N–H and O–H groups in total. The fourth-order valence-electron chi connectivity index (χ4n) is 1.48. The third kappa shape index (κ3) is 2.31. The number of anilines is 1. The standard InChI is InChI=1S/C9H12IN3/c10-9-2-1-8(7-12-9)13-5-3-11-4-6-13/h1-2,7,11H,3-6H2. The molecule has 0 bridgehead atoms. The number of nitrogens with zero attached hydrogens (tertiary/aromatic N) is 2.